The number of nitrogens with one attached hydrogen (secondary N) is 1. The van der Waals surface area contributed by atoms with E-state index in [0.717, 1.165) is 28.3 Å². The van der Waals surface area contributed by atoms with Crippen molar-refractivity contribution in [2.45, 2.75) is 25.9 Å². The number of nitrogens with zero attached hydrogens (tertiary/aromatic N) is 3. The molecule has 0 aliphatic carbocycles. The second-order valence-electron chi connectivity index (χ2n) is 7.45. The van der Waals surface area contributed by atoms with Gasteiger partial charge in [0.2, 0.25) is 0 Å². The minimum absolute atomic E-state index is 0.0250. The molecular formula is C23H25FN4OS. The number of halogens is 1. The van der Waals surface area contributed by atoms with Gasteiger partial charge in [0.05, 0.1) is 24.4 Å². The molecule has 1 aromatic carbocycles. The maximum Gasteiger partial charge on any atom is 0.170 e. The van der Waals surface area contributed by atoms with Gasteiger partial charge in [-0.2, -0.15) is 0 Å². The molecule has 1 N–H and O–H groups in total. The molecule has 156 valence electrons. The van der Waals surface area contributed by atoms with E-state index in [0.29, 0.717) is 18.3 Å². The minimum atomic E-state index is -0.243. The standard InChI is InChI=1S/C23H25FN4OS/c1-15-14-19(16(2)28(15)18-9-7-17(24)8-10-18)22-21(20-6-4-5-11-25-20)26-23(30)27(22)12-13-29-3/h4-11,14,21-22H,12-13H2,1-3H3,(H,26,30)/t21-,22-/m0/s1. The molecule has 0 unspecified atom stereocenters. The molecule has 2 atom stereocenters. The van der Waals surface area contributed by atoms with Crippen LogP contribution in [0.4, 0.5) is 4.39 Å². The molecule has 1 aliphatic rings. The number of hydrogen-bond acceptors (Lipinski definition) is 3. The summed E-state index contributed by atoms with van der Waals surface area (Å²) in [5, 5.41) is 4.16. The fourth-order valence-electron chi connectivity index (χ4n) is 4.25. The molecule has 1 aliphatic heterocycles. The van der Waals surface area contributed by atoms with Crippen LogP contribution in [0.3, 0.4) is 0 Å². The topological polar surface area (TPSA) is 42.3 Å². The Morgan fingerprint density at radius 2 is 1.93 bits per heavy atom. The van der Waals surface area contributed by atoms with Gasteiger partial charge in [-0.05, 0) is 74.1 Å². The monoisotopic (exact) mass is 424 g/mol. The summed E-state index contributed by atoms with van der Waals surface area (Å²) in [4.78, 5) is 6.76. The predicted octanol–water partition coefficient (Wildman–Crippen LogP) is 4.25. The van der Waals surface area contributed by atoms with Crippen molar-refractivity contribution in [2.24, 2.45) is 0 Å². The van der Waals surface area contributed by atoms with E-state index < -0.39 is 0 Å². The average molecular weight is 425 g/mol. The lowest BCUT2D eigenvalue weighted by molar-refractivity contribution is 0.164. The van der Waals surface area contributed by atoms with Crippen molar-refractivity contribution >= 4 is 17.3 Å². The zero-order valence-electron chi connectivity index (χ0n) is 17.3. The highest BCUT2D eigenvalue weighted by molar-refractivity contribution is 7.80. The molecule has 0 radical (unpaired) electrons. The van der Waals surface area contributed by atoms with Crippen LogP contribution >= 0.6 is 12.2 Å². The van der Waals surface area contributed by atoms with Crippen LogP contribution in [0, 0.1) is 19.7 Å². The van der Waals surface area contributed by atoms with Crippen LogP contribution in [-0.4, -0.2) is 39.8 Å². The lowest BCUT2D eigenvalue weighted by Gasteiger charge is -2.28. The Hall–Kier alpha value is -2.77. The van der Waals surface area contributed by atoms with Crippen LogP contribution < -0.4 is 5.32 Å². The van der Waals surface area contributed by atoms with E-state index in [1.807, 2.05) is 18.2 Å². The fraction of sp³-hybridized carbons (Fsp3) is 0.304. The smallest absolute Gasteiger partial charge is 0.170 e. The van der Waals surface area contributed by atoms with E-state index in [9.17, 15) is 4.39 Å². The van der Waals surface area contributed by atoms with E-state index in [1.165, 1.54) is 12.1 Å². The minimum Gasteiger partial charge on any atom is -0.383 e. The summed E-state index contributed by atoms with van der Waals surface area (Å²) < 4.78 is 20.9. The van der Waals surface area contributed by atoms with Crippen molar-refractivity contribution in [1.29, 1.82) is 0 Å². The van der Waals surface area contributed by atoms with Gasteiger partial charge in [-0.15, -0.1) is 0 Å². The lowest BCUT2D eigenvalue weighted by atomic mass is 9.97. The van der Waals surface area contributed by atoms with Gasteiger partial charge < -0.3 is 19.5 Å². The largest absolute Gasteiger partial charge is 0.383 e. The van der Waals surface area contributed by atoms with E-state index >= 15 is 0 Å². The highest BCUT2D eigenvalue weighted by Gasteiger charge is 2.41. The Morgan fingerprint density at radius 1 is 1.17 bits per heavy atom. The SMILES string of the molecule is COCCN1C(=S)N[C@@H](c2ccccn2)[C@@H]1c1cc(C)n(-c2ccc(F)cc2)c1C. The summed E-state index contributed by atoms with van der Waals surface area (Å²) >= 11 is 5.68. The normalized spacial score (nSPS) is 18.7. The van der Waals surface area contributed by atoms with Crippen LogP contribution in [0.15, 0.2) is 54.7 Å². The summed E-state index contributed by atoms with van der Waals surface area (Å²) in [6.45, 7) is 5.41. The van der Waals surface area contributed by atoms with Gasteiger partial charge in [-0.25, -0.2) is 4.39 Å². The predicted molar refractivity (Wildman–Crippen MR) is 119 cm³/mol. The molecule has 0 saturated carbocycles. The molecule has 2 aromatic heterocycles. The number of benzene rings is 1. The van der Waals surface area contributed by atoms with Crippen molar-refractivity contribution in [1.82, 2.24) is 19.8 Å². The van der Waals surface area contributed by atoms with Crippen LogP contribution in [0.2, 0.25) is 0 Å². The average Bonchev–Trinajstić information content (AvgIpc) is 3.23. The second-order valence-corrected chi connectivity index (χ2v) is 7.84. The Balaban J connectivity index is 1.81. The van der Waals surface area contributed by atoms with Crippen LogP contribution in [0.1, 0.15) is 34.7 Å². The zero-order chi connectivity index (χ0) is 21.3. The molecule has 3 aromatic rings. The number of hydrogen-bond donors (Lipinski definition) is 1. The molecule has 3 heterocycles. The number of methoxy groups -OCH3 is 1. The van der Waals surface area contributed by atoms with Gasteiger partial charge in [0.25, 0.3) is 0 Å². The molecule has 5 nitrogen and oxygen atoms in total. The third-order valence-corrected chi connectivity index (χ3v) is 5.96. The third kappa shape index (κ3) is 3.70. The number of rotatable bonds is 6. The summed E-state index contributed by atoms with van der Waals surface area (Å²) in [5.41, 5.74) is 5.22. The summed E-state index contributed by atoms with van der Waals surface area (Å²) in [6, 6.07) is 14.6. The molecule has 4 rings (SSSR count). The van der Waals surface area contributed by atoms with Crippen molar-refractivity contribution < 1.29 is 9.13 Å². The number of thiocarbonyl (C=S) groups is 1. The van der Waals surface area contributed by atoms with Crippen molar-refractivity contribution in [2.75, 3.05) is 20.3 Å². The van der Waals surface area contributed by atoms with Crippen LogP contribution in [-0.2, 0) is 4.74 Å². The number of pyridine rings is 1. The molecule has 0 bridgehead atoms. The van der Waals surface area contributed by atoms with Gasteiger partial charge >= 0.3 is 0 Å². The molecular weight excluding hydrogens is 399 g/mol. The quantitative estimate of drug-likeness (QED) is 0.600. The number of ether oxygens (including phenoxy) is 1. The molecule has 0 spiro atoms. The maximum atomic E-state index is 13.4. The van der Waals surface area contributed by atoms with Gasteiger partial charge in [0.1, 0.15) is 5.82 Å². The number of aromatic nitrogens is 2. The molecule has 30 heavy (non-hydrogen) atoms. The van der Waals surface area contributed by atoms with E-state index in [-0.39, 0.29) is 17.9 Å². The summed E-state index contributed by atoms with van der Waals surface area (Å²) in [6.07, 6.45) is 1.80. The van der Waals surface area contributed by atoms with Gasteiger partial charge in [-0.3, -0.25) is 4.98 Å². The maximum absolute atomic E-state index is 13.4. The Labute approximate surface area is 181 Å². The number of aryl methyl sites for hydroxylation is 1. The second kappa shape index (κ2) is 8.53. The molecule has 1 fully saturated rings. The fourth-order valence-corrected chi connectivity index (χ4v) is 4.58. The first-order valence-corrected chi connectivity index (χ1v) is 10.3. The van der Waals surface area contributed by atoms with Gasteiger partial charge in [0, 0.05) is 36.9 Å². The molecule has 0 amide bonds. The van der Waals surface area contributed by atoms with Crippen molar-refractivity contribution in [3.05, 3.63) is 83.2 Å². The van der Waals surface area contributed by atoms with Gasteiger partial charge in [0.15, 0.2) is 5.11 Å². The van der Waals surface area contributed by atoms with E-state index in [1.54, 1.807) is 25.4 Å². The van der Waals surface area contributed by atoms with Crippen LogP contribution in [0.5, 0.6) is 0 Å². The molecule has 1 saturated heterocycles. The summed E-state index contributed by atoms with van der Waals surface area (Å²) in [7, 11) is 1.69. The van der Waals surface area contributed by atoms with E-state index in [2.05, 4.69) is 39.7 Å². The third-order valence-electron chi connectivity index (χ3n) is 5.61. The first-order chi connectivity index (χ1) is 14.5. The first-order valence-electron chi connectivity index (χ1n) is 9.93. The van der Waals surface area contributed by atoms with Crippen LogP contribution in [0.25, 0.3) is 5.69 Å². The zero-order valence-corrected chi connectivity index (χ0v) is 18.1. The highest BCUT2D eigenvalue weighted by Crippen LogP contribution is 2.41. The lowest BCUT2D eigenvalue weighted by Crippen LogP contribution is -2.32. The molecule has 7 heteroatoms. The first kappa shape index (κ1) is 20.5. The van der Waals surface area contributed by atoms with E-state index in [4.69, 9.17) is 17.0 Å². The Kier molecular flexibility index (Phi) is 5.83. The van der Waals surface area contributed by atoms with Gasteiger partial charge in [-0.1, -0.05) is 6.07 Å². The Morgan fingerprint density at radius 3 is 2.60 bits per heavy atom. The highest BCUT2D eigenvalue weighted by atomic mass is 32.1. The van der Waals surface area contributed by atoms with Crippen molar-refractivity contribution in [3.8, 4) is 5.69 Å². The summed E-state index contributed by atoms with van der Waals surface area (Å²) in [5.74, 6) is -0.243. The van der Waals surface area contributed by atoms with Crippen molar-refractivity contribution in [3.63, 3.8) is 0 Å². The Bertz CT molecular complexity index is 1040.